The quantitative estimate of drug-likeness (QED) is 0.487. The zero-order valence-corrected chi connectivity index (χ0v) is 21.3. The third-order valence-corrected chi connectivity index (χ3v) is 6.61. The average molecular weight is 492 g/mol. The van der Waals surface area contributed by atoms with Crippen molar-refractivity contribution in [3.63, 3.8) is 0 Å². The lowest BCUT2D eigenvalue weighted by molar-refractivity contribution is -0.139. The van der Waals surface area contributed by atoms with Crippen molar-refractivity contribution in [1.29, 1.82) is 0 Å². The molecule has 0 spiro atoms. The smallest absolute Gasteiger partial charge is 0.244 e. The van der Waals surface area contributed by atoms with E-state index in [-0.39, 0.29) is 18.0 Å². The van der Waals surface area contributed by atoms with Crippen LogP contribution in [0.5, 0.6) is 0 Å². The second kappa shape index (κ2) is 12.0. The molecule has 0 fully saturated rings. The van der Waals surface area contributed by atoms with Crippen molar-refractivity contribution in [1.82, 2.24) is 10.2 Å². The second-order valence-corrected chi connectivity index (χ2v) is 10.5. The Balaban J connectivity index is 2.39. The first-order valence-corrected chi connectivity index (χ1v) is 13.2. The van der Waals surface area contributed by atoms with Gasteiger partial charge in [0.15, 0.2) is 0 Å². The molecule has 0 radical (unpaired) electrons. The van der Waals surface area contributed by atoms with Crippen molar-refractivity contribution >= 4 is 27.5 Å². The molecular weight excluding hydrogens is 457 g/mol. The number of amides is 2. The summed E-state index contributed by atoms with van der Waals surface area (Å²) in [6, 6.07) is 10.3. The van der Waals surface area contributed by atoms with Crippen LogP contribution < -0.4 is 9.62 Å². The van der Waals surface area contributed by atoms with Gasteiger partial charge in [-0.05, 0) is 56.5 Å². The van der Waals surface area contributed by atoms with E-state index in [9.17, 15) is 22.4 Å². The van der Waals surface area contributed by atoms with E-state index in [1.807, 2.05) is 26.8 Å². The number of nitrogens with zero attached hydrogens (tertiary/aromatic N) is 2. The van der Waals surface area contributed by atoms with Crippen molar-refractivity contribution in [3.05, 3.63) is 65.0 Å². The molecule has 0 bridgehead atoms. The van der Waals surface area contributed by atoms with Crippen LogP contribution in [0, 0.1) is 19.7 Å². The van der Waals surface area contributed by atoms with E-state index in [0.717, 1.165) is 34.5 Å². The Labute approximate surface area is 202 Å². The SMILES string of the molecule is CCCCNC(=O)C(C)N(Cc1ccccc1F)C(=O)CN(c1cc(C)cc(C)c1)S(C)(=O)=O. The Hall–Kier alpha value is -2.94. The molecule has 2 rings (SSSR count). The molecular formula is C25H34FN3O4S. The highest BCUT2D eigenvalue weighted by Gasteiger charge is 2.30. The van der Waals surface area contributed by atoms with Gasteiger partial charge in [-0.3, -0.25) is 13.9 Å². The number of nitrogens with one attached hydrogen (secondary N) is 1. The highest BCUT2D eigenvalue weighted by molar-refractivity contribution is 7.92. The fourth-order valence-corrected chi connectivity index (χ4v) is 4.47. The zero-order valence-electron chi connectivity index (χ0n) is 20.5. The van der Waals surface area contributed by atoms with Gasteiger partial charge in [-0.15, -0.1) is 0 Å². The number of carbonyl (C=O) groups excluding carboxylic acids is 2. The van der Waals surface area contributed by atoms with Crippen LogP contribution >= 0.6 is 0 Å². The Morgan fingerprint density at radius 2 is 1.71 bits per heavy atom. The number of halogens is 1. The highest BCUT2D eigenvalue weighted by Crippen LogP contribution is 2.22. The second-order valence-electron chi connectivity index (χ2n) is 8.55. The molecule has 186 valence electrons. The number of rotatable bonds is 11. The number of benzene rings is 2. The largest absolute Gasteiger partial charge is 0.354 e. The fourth-order valence-electron chi connectivity index (χ4n) is 3.64. The van der Waals surface area contributed by atoms with Gasteiger partial charge in [-0.25, -0.2) is 12.8 Å². The average Bonchev–Trinajstić information content (AvgIpc) is 2.74. The molecule has 1 N–H and O–H groups in total. The summed E-state index contributed by atoms with van der Waals surface area (Å²) in [6.45, 7) is 7.01. The summed E-state index contributed by atoms with van der Waals surface area (Å²) in [5.41, 5.74) is 2.30. The van der Waals surface area contributed by atoms with E-state index in [2.05, 4.69) is 5.32 Å². The number of carbonyl (C=O) groups is 2. The number of hydrogen-bond donors (Lipinski definition) is 1. The number of unbranched alkanes of at least 4 members (excludes halogenated alkanes) is 1. The molecule has 1 atom stereocenters. The van der Waals surface area contributed by atoms with Crippen molar-refractivity contribution in [2.24, 2.45) is 0 Å². The van der Waals surface area contributed by atoms with E-state index in [1.165, 1.54) is 23.1 Å². The monoisotopic (exact) mass is 491 g/mol. The van der Waals surface area contributed by atoms with Gasteiger partial charge in [0.05, 0.1) is 11.9 Å². The van der Waals surface area contributed by atoms with Crippen LogP contribution in [-0.4, -0.2) is 50.5 Å². The number of hydrogen-bond acceptors (Lipinski definition) is 4. The molecule has 0 heterocycles. The molecule has 7 nitrogen and oxygen atoms in total. The molecule has 0 aliphatic carbocycles. The minimum Gasteiger partial charge on any atom is -0.354 e. The first-order valence-electron chi connectivity index (χ1n) is 11.3. The number of sulfonamides is 1. The van der Waals surface area contributed by atoms with Gasteiger partial charge < -0.3 is 10.2 Å². The lowest BCUT2D eigenvalue weighted by Gasteiger charge is -2.31. The van der Waals surface area contributed by atoms with Crippen LogP contribution in [0.3, 0.4) is 0 Å². The molecule has 0 saturated carbocycles. The molecule has 0 saturated heterocycles. The van der Waals surface area contributed by atoms with Gasteiger partial charge in [-0.2, -0.15) is 0 Å². The van der Waals surface area contributed by atoms with Gasteiger partial charge in [0.1, 0.15) is 18.4 Å². The topological polar surface area (TPSA) is 86.8 Å². The summed E-state index contributed by atoms with van der Waals surface area (Å²) in [4.78, 5) is 27.4. The molecule has 34 heavy (non-hydrogen) atoms. The molecule has 2 amide bonds. The Kier molecular flexibility index (Phi) is 9.61. The summed E-state index contributed by atoms with van der Waals surface area (Å²) in [7, 11) is -3.81. The summed E-state index contributed by atoms with van der Waals surface area (Å²) in [5.74, 6) is -1.49. The standard InChI is InChI=1S/C25H34FN3O4S/c1-6-7-12-27-25(31)20(4)28(16-21-10-8-9-11-23(21)26)24(30)17-29(34(5,32)33)22-14-18(2)13-19(3)15-22/h8-11,13-15,20H,6-7,12,16-17H2,1-5H3,(H,27,31). The minimum absolute atomic E-state index is 0.168. The van der Waals surface area contributed by atoms with E-state index in [1.54, 1.807) is 25.1 Å². The number of anilines is 1. The lowest BCUT2D eigenvalue weighted by Crippen LogP contribution is -2.51. The van der Waals surface area contributed by atoms with Crippen LogP contribution in [-0.2, 0) is 26.2 Å². The Bertz CT molecular complexity index is 1100. The molecule has 0 aliphatic heterocycles. The van der Waals surface area contributed by atoms with Crippen LogP contribution in [0.2, 0.25) is 0 Å². The summed E-state index contributed by atoms with van der Waals surface area (Å²) in [5, 5.41) is 2.79. The molecule has 2 aromatic carbocycles. The zero-order chi connectivity index (χ0) is 25.5. The summed E-state index contributed by atoms with van der Waals surface area (Å²) < 4.78 is 40.6. The van der Waals surface area contributed by atoms with E-state index < -0.39 is 34.3 Å². The Morgan fingerprint density at radius 1 is 1.09 bits per heavy atom. The molecule has 2 aromatic rings. The van der Waals surface area contributed by atoms with Crippen LogP contribution in [0.4, 0.5) is 10.1 Å². The van der Waals surface area contributed by atoms with Crippen molar-refractivity contribution in [2.45, 2.75) is 53.1 Å². The third kappa shape index (κ3) is 7.55. The molecule has 9 heteroatoms. The first kappa shape index (κ1) is 27.3. The predicted octanol–water partition coefficient (Wildman–Crippen LogP) is 3.54. The highest BCUT2D eigenvalue weighted by atomic mass is 32.2. The molecule has 0 aromatic heterocycles. The molecule has 1 unspecified atom stereocenters. The maximum Gasteiger partial charge on any atom is 0.244 e. The Morgan fingerprint density at radius 3 is 2.26 bits per heavy atom. The van der Waals surface area contributed by atoms with E-state index in [0.29, 0.717) is 12.2 Å². The summed E-state index contributed by atoms with van der Waals surface area (Å²) >= 11 is 0. The third-order valence-electron chi connectivity index (χ3n) is 5.47. The maximum atomic E-state index is 14.4. The fraction of sp³-hybridized carbons (Fsp3) is 0.440. The van der Waals surface area contributed by atoms with Gasteiger partial charge in [0.25, 0.3) is 0 Å². The van der Waals surface area contributed by atoms with Crippen LogP contribution in [0.15, 0.2) is 42.5 Å². The first-order chi connectivity index (χ1) is 15.9. The van der Waals surface area contributed by atoms with Crippen molar-refractivity contribution in [3.8, 4) is 0 Å². The van der Waals surface area contributed by atoms with Gasteiger partial charge in [-0.1, -0.05) is 37.6 Å². The molecule has 0 aliphatic rings. The van der Waals surface area contributed by atoms with Gasteiger partial charge in [0.2, 0.25) is 21.8 Å². The predicted molar refractivity (Wildman–Crippen MR) is 132 cm³/mol. The van der Waals surface area contributed by atoms with Crippen LogP contribution in [0.1, 0.15) is 43.4 Å². The van der Waals surface area contributed by atoms with Crippen molar-refractivity contribution < 1.29 is 22.4 Å². The summed E-state index contributed by atoms with van der Waals surface area (Å²) in [6.07, 6.45) is 2.71. The van der Waals surface area contributed by atoms with E-state index in [4.69, 9.17) is 0 Å². The lowest BCUT2D eigenvalue weighted by atomic mass is 10.1. The van der Waals surface area contributed by atoms with Gasteiger partial charge in [0, 0.05) is 18.7 Å². The maximum absolute atomic E-state index is 14.4. The van der Waals surface area contributed by atoms with Crippen LogP contribution in [0.25, 0.3) is 0 Å². The normalized spacial score (nSPS) is 12.2. The van der Waals surface area contributed by atoms with Crippen molar-refractivity contribution in [2.75, 3.05) is 23.7 Å². The minimum atomic E-state index is -3.81. The number of aryl methyl sites for hydroxylation is 2. The van der Waals surface area contributed by atoms with E-state index >= 15 is 0 Å². The van der Waals surface area contributed by atoms with Gasteiger partial charge >= 0.3 is 0 Å².